The lowest BCUT2D eigenvalue weighted by Gasteiger charge is -2.13. The maximum atomic E-state index is 11.8. The van der Waals surface area contributed by atoms with E-state index in [1.54, 1.807) is 6.92 Å². The SMILES string of the molecule is C=C(C)C(=O)C(=C)c1c(C)cc(C)cc1C. The minimum atomic E-state index is -0.0601. The van der Waals surface area contributed by atoms with Crippen LogP contribution in [0.25, 0.3) is 5.57 Å². The van der Waals surface area contributed by atoms with Crippen molar-refractivity contribution in [3.63, 3.8) is 0 Å². The van der Waals surface area contributed by atoms with Crippen LogP contribution in [0.4, 0.5) is 0 Å². The summed E-state index contributed by atoms with van der Waals surface area (Å²) >= 11 is 0. The lowest BCUT2D eigenvalue weighted by molar-refractivity contribution is -0.110. The third-order valence-corrected chi connectivity index (χ3v) is 2.64. The molecule has 1 aromatic carbocycles. The maximum absolute atomic E-state index is 11.8. The number of hydrogen-bond acceptors (Lipinski definition) is 1. The van der Waals surface area contributed by atoms with Gasteiger partial charge in [-0.3, -0.25) is 4.79 Å². The second-order valence-electron chi connectivity index (χ2n) is 4.36. The molecular weight excluding hydrogens is 196 g/mol. The third-order valence-electron chi connectivity index (χ3n) is 2.64. The van der Waals surface area contributed by atoms with Gasteiger partial charge in [-0.1, -0.05) is 30.9 Å². The summed E-state index contributed by atoms with van der Waals surface area (Å²) in [6.45, 7) is 15.3. The zero-order valence-corrected chi connectivity index (χ0v) is 10.5. The second kappa shape index (κ2) is 4.48. The maximum Gasteiger partial charge on any atom is 0.188 e. The van der Waals surface area contributed by atoms with Gasteiger partial charge in [-0.25, -0.2) is 0 Å². The van der Waals surface area contributed by atoms with E-state index in [4.69, 9.17) is 0 Å². The van der Waals surface area contributed by atoms with Crippen molar-refractivity contribution in [3.05, 3.63) is 53.1 Å². The van der Waals surface area contributed by atoms with Crippen LogP contribution in [0, 0.1) is 20.8 Å². The molecule has 0 saturated heterocycles. The van der Waals surface area contributed by atoms with Crippen LogP contribution in [0.3, 0.4) is 0 Å². The van der Waals surface area contributed by atoms with E-state index >= 15 is 0 Å². The molecule has 0 radical (unpaired) electrons. The molecule has 0 heterocycles. The highest BCUT2D eigenvalue weighted by molar-refractivity contribution is 6.28. The van der Waals surface area contributed by atoms with Crippen molar-refractivity contribution in [2.45, 2.75) is 27.7 Å². The molecule has 84 valence electrons. The van der Waals surface area contributed by atoms with E-state index in [0.717, 1.165) is 16.7 Å². The molecule has 1 rings (SSSR count). The van der Waals surface area contributed by atoms with E-state index in [1.807, 2.05) is 20.8 Å². The Balaban J connectivity index is 3.29. The van der Waals surface area contributed by atoms with Crippen LogP contribution in [0.15, 0.2) is 30.9 Å². The lowest BCUT2D eigenvalue weighted by atomic mass is 9.91. The van der Waals surface area contributed by atoms with Gasteiger partial charge >= 0.3 is 0 Å². The van der Waals surface area contributed by atoms with Crippen LogP contribution < -0.4 is 0 Å². The molecule has 0 fully saturated rings. The Labute approximate surface area is 97.5 Å². The molecule has 0 aliphatic heterocycles. The first kappa shape index (κ1) is 12.4. The van der Waals surface area contributed by atoms with Crippen LogP contribution in [-0.2, 0) is 4.79 Å². The molecule has 0 aliphatic carbocycles. The van der Waals surface area contributed by atoms with Gasteiger partial charge in [-0.15, -0.1) is 0 Å². The summed E-state index contributed by atoms with van der Waals surface area (Å²) < 4.78 is 0. The molecule has 0 N–H and O–H groups in total. The zero-order valence-electron chi connectivity index (χ0n) is 10.5. The predicted molar refractivity (Wildman–Crippen MR) is 69.5 cm³/mol. The van der Waals surface area contributed by atoms with Gasteiger partial charge < -0.3 is 0 Å². The molecule has 1 heteroatoms. The molecule has 0 aliphatic rings. The molecule has 1 aromatic rings. The van der Waals surface area contributed by atoms with Gasteiger partial charge in [-0.2, -0.15) is 0 Å². The quantitative estimate of drug-likeness (QED) is 0.700. The molecule has 0 aromatic heterocycles. The zero-order chi connectivity index (χ0) is 12.5. The fourth-order valence-corrected chi connectivity index (χ4v) is 2.03. The largest absolute Gasteiger partial charge is 0.289 e. The molecule has 0 saturated carbocycles. The summed E-state index contributed by atoms with van der Waals surface area (Å²) in [5, 5.41) is 0. The van der Waals surface area contributed by atoms with Gasteiger partial charge in [0.2, 0.25) is 0 Å². The summed E-state index contributed by atoms with van der Waals surface area (Å²) in [4.78, 5) is 11.8. The average molecular weight is 214 g/mol. The summed E-state index contributed by atoms with van der Waals surface area (Å²) in [6.07, 6.45) is 0. The minimum Gasteiger partial charge on any atom is -0.289 e. The molecule has 1 nitrogen and oxygen atoms in total. The smallest absolute Gasteiger partial charge is 0.188 e. The van der Waals surface area contributed by atoms with Crippen LogP contribution in [0.1, 0.15) is 29.2 Å². The van der Waals surface area contributed by atoms with E-state index in [0.29, 0.717) is 11.1 Å². The first-order chi connectivity index (χ1) is 7.34. The molecule has 16 heavy (non-hydrogen) atoms. The standard InChI is InChI=1S/C15H18O/c1-9(2)15(16)13(6)14-11(4)7-10(3)8-12(14)5/h7-8H,1,6H2,2-5H3. The number of hydrogen-bond donors (Lipinski definition) is 0. The topological polar surface area (TPSA) is 17.1 Å². The molecule has 0 spiro atoms. The Hall–Kier alpha value is -1.63. The van der Waals surface area contributed by atoms with Gasteiger partial charge in [0.15, 0.2) is 5.78 Å². The van der Waals surface area contributed by atoms with Crippen molar-refractivity contribution in [3.8, 4) is 0 Å². The van der Waals surface area contributed by atoms with Crippen molar-refractivity contribution in [2.24, 2.45) is 0 Å². The van der Waals surface area contributed by atoms with Crippen LogP contribution in [0.2, 0.25) is 0 Å². The fraction of sp³-hybridized carbons (Fsp3) is 0.267. The second-order valence-corrected chi connectivity index (χ2v) is 4.36. The number of rotatable bonds is 3. The van der Waals surface area contributed by atoms with Crippen LogP contribution in [-0.4, -0.2) is 5.78 Å². The number of carbonyl (C=O) groups is 1. The Morgan fingerprint density at radius 1 is 1.06 bits per heavy atom. The average Bonchev–Trinajstić information content (AvgIpc) is 2.14. The van der Waals surface area contributed by atoms with E-state index < -0.39 is 0 Å². The molecule has 0 amide bonds. The molecule has 0 atom stereocenters. The van der Waals surface area contributed by atoms with Crippen molar-refractivity contribution < 1.29 is 4.79 Å². The van der Waals surface area contributed by atoms with Crippen molar-refractivity contribution >= 4 is 11.4 Å². The van der Waals surface area contributed by atoms with Gasteiger partial charge in [0.25, 0.3) is 0 Å². The highest BCUT2D eigenvalue weighted by atomic mass is 16.1. The molecule has 0 unspecified atom stereocenters. The normalized spacial score (nSPS) is 10.0. The van der Waals surface area contributed by atoms with Crippen LogP contribution >= 0.6 is 0 Å². The third kappa shape index (κ3) is 2.30. The summed E-state index contributed by atoms with van der Waals surface area (Å²) in [6, 6.07) is 4.14. The first-order valence-electron chi connectivity index (χ1n) is 5.32. The summed E-state index contributed by atoms with van der Waals surface area (Å²) in [7, 11) is 0. The Bertz CT molecular complexity index is 455. The number of benzene rings is 1. The van der Waals surface area contributed by atoms with Gasteiger partial charge in [0.1, 0.15) is 0 Å². The van der Waals surface area contributed by atoms with Gasteiger partial charge in [0, 0.05) is 5.57 Å². The van der Waals surface area contributed by atoms with Gasteiger partial charge in [0.05, 0.1) is 0 Å². The number of aryl methyl sites for hydroxylation is 3. The monoisotopic (exact) mass is 214 g/mol. The molecule has 0 bridgehead atoms. The highest BCUT2D eigenvalue weighted by Crippen LogP contribution is 2.25. The Morgan fingerprint density at radius 3 is 1.88 bits per heavy atom. The van der Waals surface area contributed by atoms with Crippen LogP contribution in [0.5, 0.6) is 0 Å². The summed E-state index contributed by atoms with van der Waals surface area (Å²) in [5.41, 5.74) is 5.42. The van der Waals surface area contributed by atoms with E-state index in [2.05, 4.69) is 25.3 Å². The number of carbonyl (C=O) groups excluding carboxylic acids is 1. The Kier molecular flexibility index (Phi) is 3.48. The fourth-order valence-electron chi connectivity index (χ4n) is 2.03. The van der Waals surface area contributed by atoms with Crippen molar-refractivity contribution in [2.75, 3.05) is 0 Å². The number of Topliss-reactive ketones (excluding diaryl/α,β-unsaturated/α-hetero) is 1. The predicted octanol–water partition coefficient (Wildman–Crippen LogP) is 3.77. The first-order valence-corrected chi connectivity index (χ1v) is 5.32. The van der Waals surface area contributed by atoms with Crippen molar-refractivity contribution in [1.29, 1.82) is 0 Å². The molecular formula is C15H18O. The van der Waals surface area contributed by atoms with E-state index in [-0.39, 0.29) is 5.78 Å². The number of ketones is 1. The number of allylic oxidation sites excluding steroid dienone is 2. The summed E-state index contributed by atoms with van der Waals surface area (Å²) in [5.74, 6) is -0.0601. The van der Waals surface area contributed by atoms with Crippen molar-refractivity contribution in [1.82, 2.24) is 0 Å². The minimum absolute atomic E-state index is 0.0601. The van der Waals surface area contributed by atoms with Gasteiger partial charge in [-0.05, 0) is 50.0 Å². The van der Waals surface area contributed by atoms with E-state index in [9.17, 15) is 4.79 Å². The lowest BCUT2D eigenvalue weighted by Crippen LogP contribution is -2.04. The highest BCUT2D eigenvalue weighted by Gasteiger charge is 2.14. The Morgan fingerprint density at radius 2 is 1.50 bits per heavy atom. The van der Waals surface area contributed by atoms with E-state index in [1.165, 1.54) is 5.56 Å².